The fourth-order valence-electron chi connectivity index (χ4n) is 10.4. The lowest BCUT2D eigenvalue weighted by Crippen LogP contribution is -3.00. The van der Waals surface area contributed by atoms with Crippen molar-refractivity contribution < 1.29 is 76.4 Å². The number of Topliss-reactive ketones (excluding diaryl/α,β-unsaturated/α-hetero) is 2. The number of ketones is 2. The zero-order valence-corrected chi connectivity index (χ0v) is 62.0. The molecule has 3 aliphatic heterocycles. The Balaban J connectivity index is 0.000000247. The molecule has 530 valence electrons. The number of carbonyl (C=O) groups is 6. The predicted octanol–water partition coefficient (Wildman–Crippen LogP) is 12.9. The molecule has 0 bridgehead atoms. The Bertz CT molecular complexity index is 4300. The highest BCUT2D eigenvalue weighted by molar-refractivity contribution is 6.66. The summed E-state index contributed by atoms with van der Waals surface area (Å²) < 4.78 is 26.7. The van der Waals surface area contributed by atoms with Crippen molar-refractivity contribution in [3.8, 4) is 23.0 Å². The average molecular weight is 1590 g/mol. The number of methoxy groups -OCH3 is 4. The van der Waals surface area contributed by atoms with E-state index in [1.54, 1.807) is 54.9 Å². The van der Waals surface area contributed by atoms with Crippen molar-refractivity contribution in [3.63, 3.8) is 0 Å². The first-order valence-corrected chi connectivity index (χ1v) is 33.2. The van der Waals surface area contributed by atoms with Gasteiger partial charge in [0.1, 0.15) is 66.3 Å². The largest absolute Gasteiger partial charge is 1.00 e. The molecule has 0 atom stereocenters. The van der Waals surface area contributed by atoms with Crippen molar-refractivity contribution in [2.75, 3.05) is 82.9 Å². The summed E-state index contributed by atoms with van der Waals surface area (Å²) in [6.45, 7) is 12.6. The zero-order valence-electron chi connectivity index (χ0n) is 56.0. The van der Waals surface area contributed by atoms with Crippen LogP contribution in [0.5, 0.6) is 23.0 Å². The molecule has 2 aromatic heterocycles. The lowest BCUT2D eigenvalue weighted by atomic mass is 10.0. The van der Waals surface area contributed by atoms with Crippen LogP contribution in [0, 0.1) is 0 Å². The second kappa shape index (κ2) is 37.9. The molecule has 6 aromatic carbocycles. The van der Waals surface area contributed by atoms with Crippen molar-refractivity contribution in [1.29, 1.82) is 0 Å². The topological polar surface area (TPSA) is 275 Å². The van der Waals surface area contributed by atoms with E-state index in [2.05, 4.69) is 39.1 Å². The Morgan fingerprint density at radius 2 is 0.950 bits per heavy atom. The number of urea groups is 2. The minimum Gasteiger partial charge on any atom is -1.00 e. The molecule has 0 aliphatic carbocycles. The number of anilines is 10. The summed E-state index contributed by atoms with van der Waals surface area (Å²) >= 11 is 31.7. The van der Waals surface area contributed by atoms with Gasteiger partial charge in [0.05, 0.1) is 88.7 Å². The number of ether oxygens (including phenoxy) is 5. The Morgan fingerprint density at radius 1 is 0.564 bits per heavy atom. The quantitative estimate of drug-likeness (QED) is 0.0200. The van der Waals surface area contributed by atoms with E-state index in [9.17, 15) is 28.8 Å². The van der Waals surface area contributed by atoms with Crippen LogP contribution in [-0.4, -0.2) is 96.4 Å². The van der Waals surface area contributed by atoms with Crippen LogP contribution in [0.25, 0.3) is 0 Å². The van der Waals surface area contributed by atoms with Crippen molar-refractivity contribution >= 4 is 150 Å². The fraction of sp³-hybridized carbons (Fsp3) is 0.250. The number of benzene rings is 6. The van der Waals surface area contributed by atoms with Gasteiger partial charge in [-0.2, -0.15) is 9.97 Å². The Kier molecular flexibility index (Phi) is 29.7. The van der Waals surface area contributed by atoms with Crippen LogP contribution < -0.4 is 84.2 Å². The normalized spacial score (nSPS) is 12.6. The number of nitrogens with one attached hydrogen (secondary N) is 3. The first-order chi connectivity index (χ1) is 48.2. The maximum Gasteiger partial charge on any atom is 0.330 e. The van der Waals surface area contributed by atoms with Crippen molar-refractivity contribution in [1.82, 2.24) is 19.9 Å². The third-order valence-corrected chi connectivity index (χ3v) is 17.1. The van der Waals surface area contributed by atoms with Gasteiger partial charge in [-0.05, 0) is 83.1 Å². The summed E-state index contributed by atoms with van der Waals surface area (Å²) in [5.41, 5.74) is 13.3. The Labute approximate surface area is 627 Å². The molecule has 8 aromatic rings. The SMILES string of the molecule is C1CCOC1.C=CC(=O)Cl.C=CC(=O)Nc1ccccc1Nc1ncc2c(n1)N(Cc1cccc(CC(=O)CC)c1)C(=O)N(c1c(Cl)c(OC)cc(OC)c1Cl)C2.CCC(=O)Cc1cccc(CN2C(=O)N(c3c(Cl)c(OC)cc(OC)c3Cl)Cc3cnc(Nc4ccccc4N)nc32)c1.[I-]. The lowest BCUT2D eigenvalue weighted by molar-refractivity contribution is -0.118. The molecule has 101 heavy (non-hydrogen) atoms. The summed E-state index contributed by atoms with van der Waals surface area (Å²) in [7, 11) is 5.85. The van der Waals surface area contributed by atoms with Crippen LogP contribution in [0.4, 0.5) is 67.2 Å². The Morgan fingerprint density at radius 3 is 1.32 bits per heavy atom. The van der Waals surface area contributed by atoms with Gasteiger partial charge in [0.15, 0.2) is 0 Å². The van der Waals surface area contributed by atoms with Crippen LogP contribution in [0.1, 0.15) is 72.9 Å². The number of halogens is 6. The van der Waals surface area contributed by atoms with Gasteiger partial charge in [-0.25, -0.2) is 19.6 Å². The lowest BCUT2D eigenvalue weighted by Gasteiger charge is -2.37. The van der Waals surface area contributed by atoms with Gasteiger partial charge in [0, 0.05) is 74.6 Å². The van der Waals surface area contributed by atoms with E-state index in [0.717, 1.165) is 41.5 Å². The number of nitrogens with two attached hydrogens (primary N) is 1. The molecule has 11 rings (SSSR count). The van der Waals surface area contributed by atoms with E-state index in [1.165, 1.54) is 67.0 Å². The van der Waals surface area contributed by atoms with Gasteiger partial charge in [0.25, 0.3) is 0 Å². The maximum absolute atomic E-state index is 14.4. The van der Waals surface area contributed by atoms with Crippen molar-refractivity contribution in [2.45, 2.75) is 78.6 Å². The van der Waals surface area contributed by atoms with E-state index in [4.69, 9.17) is 97.4 Å². The third kappa shape index (κ3) is 20.3. The van der Waals surface area contributed by atoms with E-state index in [0.29, 0.717) is 76.3 Å². The van der Waals surface area contributed by atoms with E-state index < -0.39 is 17.3 Å². The number of amides is 5. The van der Waals surface area contributed by atoms with Gasteiger partial charge in [-0.1, -0.05) is 146 Å². The summed E-state index contributed by atoms with van der Waals surface area (Å²) in [5, 5.41) is 9.10. The first-order valence-electron chi connectivity index (χ1n) is 31.3. The highest BCUT2D eigenvalue weighted by Crippen LogP contribution is 2.50. The van der Waals surface area contributed by atoms with Crippen molar-refractivity contribution in [2.24, 2.45) is 0 Å². The molecule has 5 amide bonds. The van der Waals surface area contributed by atoms with Gasteiger partial charge < -0.3 is 69.3 Å². The van der Waals surface area contributed by atoms with E-state index in [-0.39, 0.29) is 129 Å². The monoisotopic (exact) mass is 1580 g/mol. The van der Waals surface area contributed by atoms with Crippen LogP contribution in [-0.2, 0) is 62.9 Å². The number of nitrogens with zero attached hydrogens (tertiary/aromatic N) is 8. The molecule has 0 unspecified atom stereocenters. The average Bonchev–Trinajstić information content (AvgIpc) is 0.963. The van der Waals surface area contributed by atoms with Gasteiger partial charge in [0.2, 0.25) is 23.0 Å². The third-order valence-electron chi connectivity index (χ3n) is 15.5. The smallest absolute Gasteiger partial charge is 0.330 e. The first kappa shape index (κ1) is 79.1. The second-order valence-electron chi connectivity index (χ2n) is 22.2. The van der Waals surface area contributed by atoms with Crippen molar-refractivity contribution in [3.05, 3.63) is 200 Å². The van der Waals surface area contributed by atoms with E-state index in [1.807, 2.05) is 80.6 Å². The molecule has 23 nitrogen and oxygen atoms in total. The number of nitrogen functional groups attached to an aromatic ring is 1. The van der Waals surface area contributed by atoms with Crippen LogP contribution in [0.15, 0.2) is 147 Å². The number of hydrogen-bond acceptors (Lipinski definition) is 18. The molecule has 5 heterocycles. The summed E-state index contributed by atoms with van der Waals surface area (Å²) in [6, 6.07) is 31.6. The second-order valence-corrected chi connectivity index (χ2v) is 24.1. The number of para-hydroxylation sites is 4. The molecule has 3 aliphatic rings. The maximum atomic E-state index is 14.4. The standard InChI is InChI=1S/C34H32Cl2N6O5.C31H30Cl2N6O4.C4H8O.C3H3ClO.HI/c1-5-23(43)15-20-10-9-11-21(14-20)18-42-32-22(17-37-33(40-32)39-25-13-8-7-12-24(25)38-28(44)6-2)19-41(34(42)45)31-29(35)26(46-3)16-27(47-4)30(31)36;1-4-21(40)13-18-8-7-9-19(12-18)16-39-29-20(15-35-30(37-29)36-23-11-6-5-10-22(23)34)17-38(31(39)41)28-26(32)24(42-2)14-25(43-3)27(28)33;1-2-4-5-3-1;1-2-3(4)5;/h6-14,16-17H,2,5,15,18-19H2,1,3-4H3,(H,38,44)(H,37,39,40);5-12,14-15H,4,13,16-17,34H2,1-3H3,(H,35,36,37);1-4H2;2H,1H2;1H/p-1. The summed E-state index contributed by atoms with van der Waals surface area (Å²) in [4.78, 5) is 99.0. The molecule has 29 heteroatoms. The number of rotatable bonds is 23. The molecule has 0 spiro atoms. The molecule has 0 radical (unpaired) electrons. The van der Waals surface area contributed by atoms with Gasteiger partial charge >= 0.3 is 12.1 Å². The van der Waals surface area contributed by atoms with E-state index >= 15 is 0 Å². The highest BCUT2D eigenvalue weighted by atomic mass is 127. The number of allylic oxidation sites excluding steroid dienone is 1. The number of fused-ring (bicyclic) bond motifs is 2. The summed E-state index contributed by atoms with van der Waals surface area (Å²) in [5.74, 6) is 2.23. The van der Waals surface area contributed by atoms with Crippen LogP contribution in [0.3, 0.4) is 0 Å². The molecule has 1 saturated heterocycles. The van der Waals surface area contributed by atoms with Crippen LogP contribution >= 0.6 is 58.0 Å². The highest BCUT2D eigenvalue weighted by Gasteiger charge is 2.39. The molecular formula is C72H73Cl5IN12O11-. The number of aromatic nitrogens is 4. The number of hydrogen-bond donors (Lipinski definition) is 4. The molecule has 5 N–H and O–H groups in total. The zero-order chi connectivity index (χ0) is 72.2. The molecule has 1 fully saturated rings. The molecule has 0 saturated carbocycles. The number of carbonyl (C=O) groups excluding carboxylic acids is 6. The summed E-state index contributed by atoms with van der Waals surface area (Å²) in [6.07, 6.45) is 9.49. The Hall–Kier alpha value is -9.28. The molecular weight excluding hydrogens is 1510 g/mol. The van der Waals surface area contributed by atoms with Gasteiger partial charge in [-0.15, -0.1) is 0 Å². The minimum atomic E-state index is -0.509. The fourth-order valence-corrected chi connectivity index (χ4v) is 11.8. The minimum absolute atomic E-state index is 0. The van der Waals surface area contributed by atoms with Gasteiger partial charge in [-0.3, -0.25) is 38.8 Å². The van der Waals surface area contributed by atoms with Crippen LogP contribution in [0.2, 0.25) is 20.1 Å². The predicted molar refractivity (Wildman–Crippen MR) is 393 cm³/mol.